The fourth-order valence-electron chi connectivity index (χ4n) is 2.95. The second kappa shape index (κ2) is 7.95. The molecule has 0 aliphatic carbocycles. The maximum Gasteiger partial charge on any atom is 0.437 e. The highest BCUT2D eigenvalue weighted by Gasteiger charge is 2.37. The Balaban J connectivity index is 1.71. The number of rotatable bonds is 7. The van der Waals surface area contributed by atoms with Crippen LogP contribution in [0.1, 0.15) is 31.0 Å². The minimum absolute atomic E-state index is 0.0569. The molecule has 0 atom stereocenters. The van der Waals surface area contributed by atoms with Gasteiger partial charge in [-0.1, -0.05) is 18.5 Å². The summed E-state index contributed by atoms with van der Waals surface area (Å²) >= 11 is 0. The lowest BCUT2D eigenvalue weighted by Gasteiger charge is -2.26. The Labute approximate surface area is 158 Å². The summed E-state index contributed by atoms with van der Waals surface area (Å²) in [5.41, 5.74) is -0.494. The quantitative estimate of drug-likeness (QED) is 0.696. The summed E-state index contributed by atoms with van der Waals surface area (Å²) in [6.45, 7) is 2.28. The second-order valence-electron chi connectivity index (χ2n) is 6.19. The number of alkyl halides is 3. The summed E-state index contributed by atoms with van der Waals surface area (Å²) in [6.07, 6.45) is -3.12. The molecule has 3 rings (SSSR count). The van der Waals surface area contributed by atoms with Crippen LogP contribution >= 0.6 is 0 Å². The maximum absolute atomic E-state index is 13.0. The average molecular weight is 400 g/mol. The summed E-state index contributed by atoms with van der Waals surface area (Å²) in [4.78, 5) is 24.3. The van der Waals surface area contributed by atoms with E-state index in [0.29, 0.717) is 30.6 Å². The lowest BCUT2D eigenvalue weighted by molar-refractivity contribution is -0.141. The highest BCUT2D eigenvalue weighted by atomic mass is 19.4. The molecule has 2 N–H and O–H groups in total. The topological polar surface area (TPSA) is 96.7 Å². The van der Waals surface area contributed by atoms with Crippen LogP contribution < -0.4 is 15.4 Å². The van der Waals surface area contributed by atoms with Gasteiger partial charge in [0, 0.05) is 12.1 Å². The molecule has 28 heavy (non-hydrogen) atoms. The summed E-state index contributed by atoms with van der Waals surface area (Å²) < 4.78 is 49.8. The van der Waals surface area contributed by atoms with E-state index < -0.39 is 23.9 Å². The number of hydrogen-bond acceptors (Lipinski definition) is 5. The molecular weight excluding hydrogens is 381 g/mol. The Bertz CT molecular complexity index is 865. The first-order valence-corrected chi connectivity index (χ1v) is 8.77. The first kappa shape index (κ1) is 19.8. The molecule has 152 valence electrons. The van der Waals surface area contributed by atoms with Crippen LogP contribution in [-0.2, 0) is 12.6 Å². The normalized spacial score (nSPS) is 14.9. The van der Waals surface area contributed by atoms with Crippen molar-refractivity contribution in [1.82, 2.24) is 20.7 Å². The molecule has 1 saturated heterocycles. The number of aromatic nitrogens is 1. The van der Waals surface area contributed by atoms with Crippen LogP contribution in [-0.4, -0.2) is 41.9 Å². The number of carbonyl (C=O) groups excluding carboxylic acids is 2. The number of ether oxygens (including phenoxy) is 1. The number of aryl methyl sites for hydroxylation is 1. The largest absolute Gasteiger partial charge is 0.493 e. The third-order valence-electron chi connectivity index (χ3n) is 4.22. The van der Waals surface area contributed by atoms with Gasteiger partial charge in [0.15, 0.2) is 11.3 Å². The predicted molar refractivity (Wildman–Crippen MR) is 91.8 cm³/mol. The average Bonchev–Trinajstić information content (AvgIpc) is 3.07. The van der Waals surface area contributed by atoms with Crippen LogP contribution in [0.5, 0.6) is 5.75 Å². The van der Waals surface area contributed by atoms with Crippen molar-refractivity contribution in [1.29, 1.82) is 0 Å². The van der Waals surface area contributed by atoms with Crippen LogP contribution in [0.3, 0.4) is 0 Å². The number of amides is 4. The van der Waals surface area contributed by atoms with Gasteiger partial charge in [-0.2, -0.15) is 13.2 Å². The van der Waals surface area contributed by atoms with E-state index in [1.807, 2.05) is 6.92 Å². The van der Waals surface area contributed by atoms with Gasteiger partial charge in [-0.15, -0.1) is 0 Å². The number of imide groups is 1. The standard InChI is InChI=1S/C17H19F3N4O4/c1-2-4-10-12(6-5-11-13(10)28-23-14(11)17(18,19)20)27-8-3-7-24-15(25)21-9-22-16(24)26/h5-6H,2-4,7-9H2,1H3,(H,21,25)(H,22,26). The Morgan fingerprint density at radius 1 is 1.25 bits per heavy atom. The summed E-state index contributed by atoms with van der Waals surface area (Å²) in [5, 5.41) is 8.04. The number of hydrogen-bond donors (Lipinski definition) is 2. The Morgan fingerprint density at radius 3 is 2.61 bits per heavy atom. The van der Waals surface area contributed by atoms with Gasteiger partial charge in [-0.3, -0.25) is 0 Å². The molecule has 2 heterocycles. The first-order valence-electron chi connectivity index (χ1n) is 8.77. The minimum atomic E-state index is -4.60. The number of nitrogens with zero attached hydrogens (tertiary/aromatic N) is 2. The number of halogens is 3. The van der Waals surface area contributed by atoms with Crippen molar-refractivity contribution in [3.8, 4) is 5.75 Å². The number of benzene rings is 1. The molecule has 1 aliphatic heterocycles. The van der Waals surface area contributed by atoms with E-state index in [1.165, 1.54) is 12.1 Å². The molecule has 0 bridgehead atoms. The predicted octanol–water partition coefficient (Wildman–Crippen LogP) is 3.26. The van der Waals surface area contributed by atoms with Gasteiger partial charge in [-0.25, -0.2) is 14.5 Å². The Morgan fingerprint density at radius 2 is 1.96 bits per heavy atom. The molecule has 1 aromatic heterocycles. The van der Waals surface area contributed by atoms with Crippen LogP contribution in [0.2, 0.25) is 0 Å². The van der Waals surface area contributed by atoms with Crippen molar-refractivity contribution in [2.24, 2.45) is 0 Å². The summed E-state index contributed by atoms with van der Waals surface area (Å²) in [6, 6.07) is 1.76. The van der Waals surface area contributed by atoms with Crippen LogP contribution in [0.4, 0.5) is 22.8 Å². The molecule has 2 aromatic rings. The van der Waals surface area contributed by atoms with E-state index in [9.17, 15) is 22.8 Å². The van der Waals surface area contributed by atoms with Crippen molar-refractivity contribution >= 4 is 23.0 Å². The van der Waals surface area contributed by atoms with Crippen LogP contribution in [0.15, 0.2) is 16.7 Å². The van der Waals surface area contributed by atoms with Gasteiger partial charge in [0.25, 0.3) is 0 Å². The fraction of sp³-hybridized carbons (Fsp3) is 0.471. The van der Waals surface area contributed by atoms with Gasteiger partial charge in [0.1, 0.15) is 5.75 Å². The molecule has 1 aromatic carbocycles. The number of fused-ring (bicyclic) bond motifs is 1. The molecule has 1 aliphatic rings. The van der Waals surface area contributed by atoms with Crippen molar-refractivity contribution in [2.75, 3.05) is 19.8 Å². The van der Waals surface area contributed by atoms with Crippen LogP contribution in [0, 0.1) is 0 Å². The van der Waals surface area contributed by atoms with E-state index in [2.05, 4.69) is 15.8 Å². The van der Waals surface area contributed by atoms with E-state index in [0.717, 1.165) is 4.90 Å². The van der Waals surface area contributed by atoms with Crippen molar-refractivity contribution in [3.63, 3.8) is 0 Å². The minimum Gasteiger partial charge on any atom is -0.493 e. The van der Waals surface area contributed by atoms with Gasteiger partial charge in [-0.05, 0) is 25.0 Å². The zero-order chi connectivity index (χ0) is 20.3. The van der Waals surface area contributed by atoms with Crippen LogP contribution in [0.25, 0.3) is 11.0 Å². The molecule has 0 saturated carbocycles. The van der Waals surface area contributed by atoms with Crippen molar-refractivity contribution in [3.05, 3.63) is 23.4 Å². The van der Waals surface area contributed by atoms with Crippen molar-refractivity contribution in [2.45, 2.75) is 32.4 Å². The molecule has 0 radical (unpaired) electrons. The molecule has 11 heteroatoms. The van der Waals surface area contributed by atoms with Gasteiger partial charge >= 0.3 is 18.2 Å². The maximum atomic E-state index is 13.0. The highest BCUT2D eigenvalue weighted by Crippen LogP contribution is 2.38. The molecule has 0 spiro atoms. The molecule has 0 unspecified atom stereocenters. The first-order chi connectivity index (χ1) is 13.3. The molecule has 4 amide bonds. The van der Waals surface area contributed by atoms with E-state index >= 15 is 0 Å². The third kappa shape index (κ3) is 3.97. The highest BCUT2D eigenvalue weighted by molar-refractivity contribution is 5.95. The van der Waals surface area contributed by atoms with Gasteiger partial charge in [0.05, 0.1) is 18.7 Å². The zero-order valence-corrected chi connectivity index (χ0v) is 15.1. The van der Waals surface area contributed by atoms with E-state index in [4.69, 9.17) is 9.26 Å². The molecular formula is C17H19F3N4O4. The summed E-state index contributed by atoms with van der Waals surface area (Å²) in [5.74, 6) is 0.395. The SMILES string of the molecule is CCCc1c(OCCCN2C(=O)NCNC2=O)ccc2c(C(F)(F)F)noc12. The number of nitrogens with one attached hydrogen (secondary N) is 2. The number of urea groups is 2. The van der Waals surface area contributed by atoms with E-state index in [1.54, 1.807) is 0 Å². The monoisotopic (exact) mass is 400 g/mol. The second-order valence-corrected chi connectivity index (χ2v) is 6.19. The lowest BCUT2D eigenvalue weighted by atomic mass is 10.0. The van der Waals surface area contributed by atoms with E-state index in [-0.39, 0.29) is 30.8 Å². The lowest BCUT2D eigenvalue weighted by Crippen LogP contribution is -2.57. The van der Waals surface area contributed by atoms with Gasteiger partial charge in [0.2, 0.25) is 0 Å². The Hall–Kier alpha value is -2.98. The summed E-state index contributed by atoms with van der Waals surface area (Å²) in [7, 11) is 0. The third-order valence-corrected chi connectivity index (χ3v) is 4.22. The van der Waals surface area contributed by atoms with Gasteiger partial charge < -0.3 is 19.9 Å². The Kier molecular flexibility index (Phi) is 5.61. The smallest absolute Gasteiger partial charge is 0.437 e. The molecule has 1 fully saturated rings. The number of carbonyl (C=O) groups is 2. The molecule has 8 nitrogen and oxygen atoms in total. The van der Waals surface area contributed by atoms with Crippen molar-refractivity contribution < 1.29 is 32.0 Å². The fourth-order valence-corrected chi connectivity index (χ4v) is 2.95. The zero-order valence-electron chi connectivity index (χ0n) is 15.1.